The lowest BCUT2D eigenvalue weighted by molar-refractivity contribution is -0.123. The molecule has 0 saturated carbocycles. The summed E-state index contributed by atoms with van der Waals surface area (Å²) in [7, 11) is 1.49. The highest BCUT2D eigenvalue weighted by Crippen LogP contribution is 2.29. The highest BCUT2D eigenvalue weighted by Gasteiger charge is 2.35. The van der Waals surface area contributed by atoms with Crippen LogP contribution < -0.4 is 24.8 Å². The van der Waals surface area contributed by atoms with Crippen molar-refractivity contribution in [3.05, 3.63) is 77.6 Å². The lowest BCUT2D eigenvalue weighted by atomic mass is 10.0. The normalized spacial score (nSPS) is 20.0. The summed E-state index contributed by atoms with van der Waals surface area (Å²) < 4.78 is 17.3. The Morgan fingerprint density at radius 2 is 1.95 bits per heavy atom. The van der Waals surface area contributed by atoms with Crippen molar-refractivity contribution in [3.8, 4) is 17.2 Å². The Morgan fingerprint density at radius 1 is 1.11 bits per heavy atom. The predicted octanol–water partition coefficient (Wildman–Crippen LogP) is 2.12. The fraction of sp³-hybridized carbons (Fsp3) is 0.296. The Hall–Kier alpha value is -4.47. The van der Waals surface area contributed by atoms with Crippen molar-refractivity contribution in [2.24, 2.45) is 0 Å². The van der Waals surface area contributed by atoms with Crippen LogP contribution in [-0.4, -0.2) is 66.6 Å². The van der Waals surface area contributed by atoms with Crippen LogP contribution in [0.1, 0.15) is 32.8 Å². The average Bonchev–Trinajstić information content (AvgIpc) is 3.46. The van der Waals surface area contributed by atoms with Crippen molar-refractivity contribution >= 4 is 17.7 Å². The number of rotatable bonds is 2. The van der Waals surface area contributed by atoms with Crippen molar-refractivity contribution in [2.45, 2.75) is 25.1 Å². The molecule has 4 heterocycles. The highest BCUT2D eigenvalue weighted by atomic mass is 16.5. The van der Waals surface area contributed by atoms with Crippen molar-refractivity contribution in [1.82, 2.24) is 20.5 Å². The van der Waals surface area contributed by atoms with Gasteiger partial charge in [-0.05, 0) is 48.0 Å². The number of amides is 3. The van der Waals surface area contributed by atoms with Crippen LogP contribution in [0.5, 0.6) is 17.2 Å². The standard InChI is InChI=1S/C27H28N4O6/c1-35-23-9-6-18-13-24(23)36-16-25(32)29-14-17-4-7-19(8-5-17)37-22-10-12-31(15-21(22)30-26(18)33)27(34)20-3-2-11-28-20/h2-9,11,13,21-22,28H,10,12,14-16H2,1H3,(H,29,32)(H,30,33)/t21-,22+/m0/s1. The molecule has 2 aromatic carbocycles. The van der Waals surface area contributed by atoms with E-state index in [9.17, 15) is 14.4 Å². The molecule has 3 aliphatic rings. The first-order chi connectivity index (χ1) is 18.0. The van der Waals surface area contributed by atoms with Gasteiger partial charge < -0.3 is 34.7 Å². The fourth-order valence-electron chi connectivity index (χ4n) is 4.47. The topological polar surface area (TPSA) is 122 Å². The summed E-state index contributed by atoms with van der Waals surface area (Å²) in [4.78, 5) is 43.3. The summed E-state index contributed by atoms with van der Waals surface area (Å²) >= 11 is 0. The molecule has 1 saturated heterocycles. The maximum atomic E-state index is 13.3. The Morgan fingerprint density at radius 3 is 2.70 bits per heavy atom. The number of carbonyl (C=O) groups excluding carboxylic acids is 3. The van der Waals surface area contributed by atoms with Gasteiger partial charge in [0.25, 0.3) is 17.7 Å². The van der Waals surface area contributed by atoms with Gasteiger partial charge in [-0.1, -0.05) is 12.1 Å². The number of H-pyrrole nitrogens is 1. The molecule has 37 heavy (non-hydrogen) atoms. The molecule has 0 spiro atoms. The third kappa shape index (κ3) is 5.53. The van der Waals surface area contributed by atoms with Crippen molar-refractivity contribution in [2.75, 3.05) is 26.8 Å². The Bertz CT molecular complexity index is 1270. The largest absolute Gasteiger partial charge is 0.493 e. The van der Waals surface area contributed by atoms with Crippen molar-refractivity contribution in [3.63, 3.8) is 0 Å². The van der Waals surface area contributed by atoms with E-state index < -0.39 is 6.04 Å². The van der Waals surface area contributed by atoms with Gasteiger partial charge >= 0.3 is 0 Å². The van der Waals surface area contributed by atoms with Crippen LogP contribution in [0.2, 0.25) is 0 Å². The number of aromatic nitrogens is 1. The van der Waals surface area contributed by atoms with E-state index in [1.807, 2.05) is 24.3 Å². The number of carbonyl (C=O) groups is 3. The van der Waals surface area contributed by atoms with E-state index >= 15 is 0 Å². The van der Waals surface area contributed by atoms with Gasteiger partial charge in [0, 0.05) is 37.8 Å². The summed E-state index contributed by atoms with van der Waals surface area (Å²) in [6.45, 7) is 0.870. The number of hydrogen-bond acceptors (Lipinski definition) is 6. The van der Waals surface area contributed by atoms with Gasteiger partial charge in [-0.3, -0.25) is 14.4 Å². The fourth-order valence-corrected chi connectivity index (χ4v) is 4.47. The minimum absolute atomic E-state index is 0.136. The summed E-state index contributed by atoms with van der Waals surface area (Å²) in [5, 5.41) is 5.86. The maximum absolute atomic E-state index is 13.3. The highest BCUT2D eigenvalue weighted by molar-refractivity contribution is 5.95. The van der Waals surface area contributed by atoms with Gasteiger partial charge in [-0.2, -0.15) is 0 Å². The van der Waals surface area contributed by atoms with Crippen LogP contribution >= 0.6 is 0 Å². The third-order valence-corrected chi connectivity index (χ3v) is 6.47. The Balaban J connectivity index is 1.44. The number of aromatic amines is 1. The van der Waals surface area contributed by atoms with E-state index in [0.717, 1.165) is 5.56 Å². The number of nitrogens with zero attached hydrogens (tertiary/aromatic N) is 1. The number of methoxy groups -OCH3 is 1. The summed E-state index contributed by atoms with van der Waals surface area (Å²) in [5.74, 6) is 0.520. The number of hydrogen-bond donors (Lipinski definition) is 3. The van der Waals surface area contributed by atoms with E-state index in [-0.39, 0.29) is 42.7 Å². The molecule has 1 fully saturated rings. The van der Waals surface area contributed by atoms with Gasteiger partial charge in [0.1, 0.15) is 17.5 Å². The monoisotopic (exact) mass is 504 g/mol. The maximum Gasteiger partial charge on any atom is 0.270 e. The number of ether oxygens (including phenoxy) is 3. The van der Waals surface area contributed by atoms with Gasteiger partial charge in [0.2, 0.25) is 0 Å². The summed E-state index contributed by atoms with van der Waals surface area (Å²) in [5.41, 5.74) is 1.72. The first kappa shape index (κ1) is 24.2. The first-order valence-corrected chi connectivity index (χ1v) is 12.1. The first-order valence-electron chi connectivity index (χ1n) is 12.1. The van der Waals surface area contributed by atoms with Crippen molar-refractivity contribution in [1.29, 1.82) is 0 Å². The predicted molar refractivity (Wildman–Crippen MR) is 134 cm³/mol. The molecular weight excluding hydrogens is 476 g/mol. The van der Waals surface area contributed by atoms with Crippen LogP contribution in [0.3, 0.4) is 0 Å². The molecule has 1 aromatic heterocycles. The van der Waals surface area contributed by atoms with E-state index in [1.165, 1.54) is 13.2 Å². The zero-order valence-electron chi connectivity index (χ0n) is 20.4. The summed E-state index contributed by atoms with van der Waals surface area (Å²) in [6.07, 6.45) is 1.88. The number of piperidine rings is 1. The van der Waals surface area contributed by atoms with Crippen LogP contribution in [-0.2, 0) is 11.3 Å². The lowest BCUT2D eigenvalue weighted by Gasteiger charge is -2.38. The minimum Gasteiger partial charge on any atom is -0.493 e. The third-order valence-electron chi connectivity index (χ3n) is 6.47. The zero-order chi connectivity index (χ0) is 25.8. The summed E-state index contributed by atoms with van der Waals surface area (Å²) in [6, 6.07) is 15.2. The van der Waals surface area contributed by atoms with Crippen LogP contribution in [0, 0.1) is 0 Å². The Labute approximate surface area is 213 Å². The molecular formula is C27H28N4O6. The Kier molecular flexibility index (Phi) is 6.98. The SMILES string of the molecule is COc1ccc2cc1OCC(=O)NCc1ccc(cc1)O[C@@H]1CCN(C(=O)c3ccc[nH]3)C[C@@H]1NC2=O. The second kappa shape index (κ2) is 10.7. The van der Waals surface area contributed by atoms with Gasteiger partial charge in [0.15, 0.2) is 18.1 Å². The van der Waals surface area contributed by atoms with Crippen LogP contribution in [0.4, 0.5) is 0 Å². The molecule has 0 unspecified atom stereocenters. The van der Waals surface area contributed by atoms with Gasteiger partial charge in [-0.25, -0.2) is 0 Å². The molecule has 0 aliphatic carbocycles. The molecule has 192 valence electrons. The lowest BCUT2D eigenvalue weighted by Crippen LogP contribution is -2.58. The second-order valence-corrected chi connectivity index (χ2v) is 8.93. The molecule has 2 atom stereocenters. The minimum atomic E-state index is -0.467. The van der Waals surface area contributed by atoms with Gasteiger partial charge in [0.05, 0.1) is 13.2 Å². The van der Waals surface area contributed by atoms with E-state index in [1.54, 1.807) is 35.4 Å². The molecule has 3 aliphatic heterocycles. The number of nitrogens with one attached hydrogen (secondary N) is 3. The molecule has 10 nitrogen and oxygen atoms in total. The molecule has 3 N–H and O–H groups in total. The van der Waals surface area contributed by atoms with Crippen molar-refractivity contribution < 1.29 is 28.6 Å². The quantitative estimate of drug-likeness (QED) is 0.492. The molecule has 10 heteroatoms. The molecule has 6 rings (SSSR count). The number of fused-ring (bicyclic) bond motifs is 7. The van der Waals surface area contributed by atoms with E-state index in [4.69, 9.17) is 14.2 Å². The average molecular weight is 505 g/mol. The van der Waals surface area contributed by atoms with E-state index in [0.29, 0.717) is 42.3 Å². The molecule has 3 amide bonds. The number of likely N-dealkylation sites (tertiary alicyclic amines) is 1. The van der Waals surface area contributed by atoms with Crippen LogP contribution in [0.25, 0.3) is 0 Å². The van der Waals surface area contributed by atoms with Gasteiger partial charge in [-0.15, -0.1) is 0 Å². The molecule has 4 bridgehead atoms. The number of benzene rings is 2. The smallest absolute Gasteiger partial charge is 0.270 e. The van der Waals surface area contributed by atoms with Crippen LogP contribution in [0.15, 0.2) is 60.8 Å². The zero-order valence-corrected chi connectivity index (χ0v) is 20.4. The second-order valence-electron chi connectivity index (χ2n) is 8.93. The molecule has 3 aromatic rings. The van der Waals surface area contributed by atoms with E-state index in [2.05, 4.69) is 15.6 Å². The molecule has 0 radical (unpaired) electrons.